The van der Waals surface area contributed by atoms with Crippen molar-refractivity contribution in [3.8, 4) is 23.4 Å². The molecule has 0 fully saturated rings. The Balaban J connectivity index is 2.01. The number of halogens is 3. The summed E-state index contributed by atoms with van der Waals surface area (Å²) >= 11 is 0. The molecule has 0 saturated heterocycles. The highest BCUT2D eigenvalue weighted by Crippen LogP contribution is 2.48. The summed E-state index contributed by atoms with van der Waals surface area (Å²) < 4.78 is 53.6. The van der Waals surface area contributed by atoms with Crippen LogP contribution in [0.15, 0.2) is 66.1 Å². The molecule has 0 bridgehead atoms. The number of alkyl halides is 3. The van der Waals surface area contributed by atoms with Crippen molar-refractivity contribution in [1.29, 1.82) is 5.26 Å². The zero-order valence-corrected chi connectivity index (χ0v) is 15.6. The summed E-state index contributed by atoms with van der Waals surface area (Å²) in [7, 11) is 1.48. The number of hydrogen-bond donors (Lipinski definition) is 1. The van der Waals surface area contributed by atoms with Gasteiger partial charge in [0.2, 0.25) is 11.8 Å². The highest BCUT2D eigenvalue weighted by atomic mass is 19.4. The Labute approximate surface area is 169 Å². The van der Waals surface area contributed by atoms with Gasteiger partial charge in [0.15, 0.2) is 5.69 Å². The van der Waals surface area contributed by atoms with Gasteiger partial charge in [-0.1, -0.05) is 30.3 Å². The van der Waals surface area contributed by atoms with E-state index in [0.29, 0.717) is 17.0 Å². The molecule has 1 aliphatic heterocycles. The van der Waals surface area contributed by atoms with E-state index in [-0.39, 0.29) is 22.9 Å². The van der Waals surface area contributed by atoms with Gasteiger partial charge in [-0.3, -0.25) is 0 Å². The fourth-order valence-corrected chi connectivity index (χ4v) is 3.42. The molecule has 1 atom stereocenters. The molecule has 1 aliphatic rings. The second-order valence-electron chi connectivity index (χ2n) is 6.51. The number of methoxy groups -OCH3 is 1. The van der Waals surface area contributed by atoms with Crippen LogP contribution in [0.4, 0.5) is 13.2 Å². The van der Waals surface area contributed by atoms with E-state index in [9.17, 15) is 18.4 Å². The number of hydrogen-bond acceptors (Lipinski definition) is 5. The van der Waals surface area contributed by atoms with Gasteiger partial charge in [-0.2, -0.15) is 28.2 Å². The fourth-order valence-electron chi connectivity index (χ4n) is 3.42. The lowest BCUT2D eigenvalue weighted by Crippen LogP contribution is -2.23. The lowest BCUT2D eigenvalue weighted by Gasteiger charge is -2.25. The molecule has 1 aromatic heterocycles. The summed E-state index contributed by atoms with van der Waals surface area (Å²) in [6.45, 7) is 0. The Morgan fingerprint density at radius 2 is 1.80 bits per heavy atom. The number of benzene rings is 2. The maximum absolute atomic E-state index is 14.0. The Morgan fingerprint density at radius 1 is 1.13 bits per heavy atom. The van der Waals surface area contributed by atoms with Crippen molar-refractivity contribution >= 4 is 0 Å². The van der Waals surface area contributed by atoms with E-state index in [2.05, 4.69) is 5.10 Å². The number of nitrogens with zero attached hydrogens (tertiary/aromatic N) is 3. The van der Waals surface area contributed by atoms with Crippen LogP contribution in [0.25, 0.3) is 5.69 Å². The number of para-hydroxylation sites is 1. The monoisotopic (exact) mass is 412 g/mol. The molecule has 2 heterocycles. The SMILES string of the molecule is COc1ccc(C2C(C#N)=C(N)Oc3c2c(C(F)(F)F)nn3-c2ccccc2)cc1. The molecule has 0 saturated carbocycles. The van der Waals surface area contributed by atoms with Crippen LogP contribution in [0.1, 0.15) is 22.7 Å². The van der Waals surface area contributed by atoms with Crippen LogP contribution in [0.3, 0.4) is 0 Å². The van der Waals surface area contributed by atoms with E-state index in [1.807, 2.05) is 6.07 Å². The molecule has 1 unspecified atom stereocenters. The number of aromatic nitrogens is 2. The van der Waals surface area contributed by atoms with Crippen molar-refractivity contribution < 1.29 is 22.6 Å². The van der Waals surface area contributed by atoms with Crippen molar-refractivity contribution in [2.75, 3.05) is 7.11 Å². The third kappa shape index (κ3) is 3.12. The first kappa shape index (κ1) is 19.4. The molecule has 6 nitrogen and oxygen atoms in total. The van der Waals surface area contributed by atoms with Crippen LogP contribution in [0.2, 0.25) is 0 Å². The van der Waals surface area contributed by atoms with Gasteiger partial charge in [-0.15, -0.1) is 0 Å². The number of nitriles is 1. The third-order valence-electron chi connectivity index (χ3n) is 4.77. The van der Waals surface area contributed by atoms with Gasteiger partial charge >= 0.3 is 6.18 Å². The minimum absolute atomic E-state index is 0.120. The molecule has 0 aliphatic carbocycles. The van der Waals surface area contributed by atoms with Crippen molar-refractivity contribution in [2.45, 2.75) is 12.1 Å². The predicted molar refractivity (Wildman–Crippen MR) is 101 cm³/mol. The quantitative estimate of drug-likeness (QED) is 0.700. The van der Waals surface area contributed by atoms with Gasteiger partial charge in [0.05, 0.1) is 24.3 Å². The molecule has 0 spiro atoms. The maximum Gasteiger partial charge on any atom is 0.435 e. The lowest BCUT2D eigenvalue weighted by atomic mass is 9.84. The van der Waals surface area contributed by atoms with Gasteiger partial charge in [0, 0.05) is 0 Å². The molecule has 3 aromatic rings. The topological polar surface area (TPSA) is 86.1 Å². The summed E-state index contributed by atoms with van der Waals surface area (Å²) in [5, 5.41) is 13.4. The Morgan fingerprint density at radius 3 is 2.37 bits per heavy atom. The normalized spacial score (nSPS) is 15.9. The zero-order valence-electron chi connectivity index (χ0n) is 15.6. The number of allylic oxidation sites excluding steroid dienone is 1. The molecular weight excluding hydrogens is 397 g/mol. The molecular formula is C21H15F3N4O2. The zero-order chi connectivity index (χ0) is 21.5. The number of ether oxygens (including phenoxy) is 2. The van der Waals surface area contributed by atoms with E-state index in [4.69, 9.17) is 15.2 Å². The van der Waals surface area contributed by atoms with Gasteiger partial charge in [-0.25, -0.2) is 0 Å². The number of rotatable bonds is 3. The van der Waals surface area contributed by atoms with E-state index >= 15 is 0 Å². The van der Waals surface area contributed by atoms with Crippen LogP contribution in [0, 0.1) is 11.3 Å². The van der Waals surface area contributed by atoms with E-state index in [1.165, 1.54) is 7.11 Å². The smallest absolute Gasteiger partial charge is 0.435 e. The van der Waals surface area contributed by atoms with Crippen molar-refractivity contribution in [2.24, 2.45) is 5.73 Å². The minimum Gasteiger partial charge on any atom is -0.497 e. The highest BCUT2D eigenvalue weighted by molar-refractivity contribution is 5.58. The fraction of sp³-hybridized carbons (Fsp3) is 0.143. The molecule has 2 N–H and O–H groups in total. The molecule has 4 rings (SSSR count). The van der Waals surface area contributed by atoms with Gasteiger partial charge in [-0.05, 0) is 29.8 Å². The number of nitrogens with two attached hydrogens (primary N) is 1. The third-order valence-corrected chi connectivity index (χ3v) is 4.77. The van der Waals surface area contributed by atoms with Crippen molar-refractivity contribution in [3.63, 3.8) is 0 Å². The van der Waals surface area contributed by atoms with Gasteiger partial charge in [0.1, 0.15) is 17.4 Å². The van der Waals surface area contributed by atoms with E-state index in [1.54, 1.807) is 54.6 Å². The first-order valence-corrected chi connectivity index (χ1v) is 8.82. The van der Waals surface area contributed by atoms with Crippen molar-refractivity contribution in [3.05, 3.63) is 82.9 Å². The van der Waals surface area contributed by atoms with Crippen LogP contribution in [-0.4, -0.2) is 16.9 Å². The lowest BCUT2D eigenvalue weighted by molar-refractivity contribution is -0.142. The van der Waals surface area contributed by atoms with Gasteiger partial charge < -0.3 is 15.2 Å². The maximum atomic E-state index is 14.0. The van der Waals surface area contributed by atoms with Gasteiger partial charge in [0.25, 0.3) is 0 Å². The average molecular weight is 412 g/mol. The molecule has 9 heteroatoms. The number of fused-ring (bicyclic) bond motifs is 1. The first-order valence-electron chi connectivity index (χ1n) is 8.82. The van der Waals surface area contributed by atoms with Crippen LogP contribution in [-0.2, 0) is 6.18 Å². The molecule has 2 aromatic carbocycles. The van der Waals surface area contributed by atoms with Crippen LogP contribution >= 0.6 is 0 Å². The second-order valence-corrected chi connectivity index (χ2v) is 6.51. The Kier molecular flexibility index (Phi) is 4.62. The highest BCUT2D eigenvalue weighted by Gasteiger charge is 2.46. The first-order chi connectivity index (χ1) is 14.3. The molecule has 0 radical (unpaired) electrons. The van der Waals surface area contributed by atoms with E-state index < -0.39 is 17.8 Å². The summed E-state index contributed by atoms with van der Waals surface area (Å²) in [5.74, 6) is -1.02. The van der Waals surface area contributed by atoms with E-state index in [0.717, 1.165) is 4.68 Å². The second kappa shape index (κ2) is 7.15. The molecule has 0 amide bonds. The molecule has 30 heavy (non-hydrogen) atoms. The van der Waals surface area contributed by atoms with Crippen LogP contribution < -0.4 is 15.2 Å². The Bertz CT molecular complexity index is 1160. The van der Waals surface area contributed by atoms with Crippen molar-refractivity contribution in [1.82, 2.24) is 9.78 Å². The Hall–Kier alpha value is -3.93. The average Bonchev–Trinajstić information content (AvgIpc) is 3.13. The molecule has 152 valence electrons. The standard InChI is InChI=1S/C21H15F3N4O2/c1-29-14-9-7-12(8-10-14)16-15(11-25)19(26)30-20-17(16)18(21(22,23)24)27-28(20)13-5-3-2-4-6-13/h2-10,16H,26H2,1H3. The summed E-state index contributed by atoms with van der Waals surface area (Å²) in [5.41, 5.74) is 5.22. The van der Waals surface area contributed by atoms with Crippen LogP contribution in [0.5, 0.6) is 11.6 Å². The summed E-state index contributed by atoms with van der Waals surface area (Å²) in [6, 6.07) is 16.5. The summed E-state index contributed by atoms with van der Waals surface area (Å²) in [6.07, 6.45) is -4.77. The predicted octanol–water partition coefficient (Wildman–Crippen LogP) is 4.12. The summed E-state index contributed by atoms with van der Waals surface area (Å²) in [4.78, 5) is 0. The minimum atomic E-state index is -4.77. The largest absolute Gasteiger partial charge is 0.497 e.